The molecule has 96 valence electrons. The Hall–Kier alpha value is -1.29. The Morgan fingerprint density at radius 2 is 2.22 bits per heavy atom. The summed E-state index contributed by atoms with van der Waals surface area (Å²) in [6, 6.07) is 3.30. The van der Waals surface area contributed by atoms with Crippen molar-refractivity contribution in [2.45, 2.75) is 32.2 Å². The number of benzene rings is 1. The molecule has 0 spiro atoms. The van der Waals surface area contributed by atoms with Crippen molar-refractivity contribution in [3.05, 3.63) is 23.0 Å². The average molecular weight is 268 g/mol. The largest absolute Gasteiger partial charge is 0.369 e. The third-order valence-corrected chi connectivity index (χ3v) is 4.08. The first-order valence-corrected chi connectivity index (χ1v) is 6.56. The standard InChI is InChI=1S/C13H15ClFN3/c1-7-2-3-8(4-7)18-12-6-10(15)9(14)5-11(12)17-13(18)16/h5-8H,2-4H2,1H3,(H2,16,17). The summed E-state index contributed by atoms with van der Waals surface area (Å²) in [5, 5.41) is 0.0898. The highest BCUT2D eigenvalue weighted by Crippen LogP contribution is 2.38. The van der Waals surface area contributed by atoms with Gasteiger partial charge in [0.25, 0.3) is 0 Å². The lowest BCUT2D eigenvalue weighted by Gasteiger charge is -2.14. The van der Waals surface area contributed by atoms with Crippen molar-refractivity contribution in [3.63, 3.8) is 0 Å². The molecule has 18 heavy (non-hydrogen) atoms. The number of nitrogens with two attached hydrogens (primary N) is 1. The molecule has 1 aromatic carbocycles. The van der Waals surface area contributed by atoms with E-state index in [1.807, 2.05) is 4.57 Å². The Labute approximate surface area is 110 Å². The summed E-state index contributed by atoms with van der Waals surface area (Å²) in [6.07, 6.45) is 3.32. The van der Waals surface area contributed by atoms with Gasteiger partial charge in [0.1, 0.15) is 5.82 Å². The van der Waals surface area contributed by atoms with Crippen molar-refractivity contribution in [3.8, 4) is 0 Å². The molecule has 1 fully saturated rings. The number of hydrogen-bond donors (Lipinski definition) is 1. The maximum atomic E-state index is 13.6. The Kier molecular flexibility index (Phi) is 2.70. The molecule has 2 N–H and O–H groups in total. The molecule has 2 unspecified atom stereocenters. The van der Waals surface area contributed by atoms with Crippen LogP contribution in [0.1, 0.15) is 32.2 Å². The van der Waals surface area contributed by atoms with E-state index < -0.39 is 5.82 Å². The van der Waals surface area contributed by atoms with E-state index in [4.69, 9.17) is 17.3 Å². The molecule has 1 aliphatic carbocycles. The summed E-state index contributed by atoms with van der Waals surface area (Å²) in [5.41, 5.74) is 7.37. The smallest absolute Gasteiger partial charge is 0.201 e. The van der Waals surface area contributed by atoms with Gasteiger partial charge in [-0.15, -0.1) is 0 Å². The summed E-state index contributed by atoms with van der Waals surface area (Å²) in [5.74, 6) is 0.714. The number of hydrogen-bond acceptors (Lipinski definition) is 2. The Bertz CT molecular complexity index is 608. The maximum absolute atomic E-state index is 13.6. The molecule has 0 radical (unpaired) electrons. The fourth-order valence-electron chi connectivity index (χ4n) is 2.90. The molecular formula is C13H15ClFN3. The summed E-state index contributed by atoms with van der Waals surface area (Å²) < 4.78 is 15.5. The minimum absolute atomic E-state index is 0.0898. The van der Waals surface area contributed by atoms with Gasteiger partial charge in [-0.2, -0.15) is 0 Å². The summed E-state index contributed by atoms with van der Waals surface area (Å²) in [4.78, 5) is 4.27. The zero-order chi connectivity index (χ0) is 12.9. The quantitative estimate of drug-likeness (QED) is 0.855. The van der Waals surface area contributed by atoms with Crippen molar-refractivity contribution in [2.24, 2.45) is 5.92 Å². The van der Waals surface area contributed by atoms with Crippen LogP contribution in [0.25, 0.3) is 11.0 Å². The zero-order valence-corrected chi connectivity index (χ0v) is 10.9. The van der Waals surface area contributed by atoms with Crippen LogP contribution in [-0.4, -0.2) is 9.55 Å². The molecule has 0 aliphatic heterocycles. The van der Waals surface area contributed by atoms with E-state index in [0.717, 1.165) is 18.4 Å². The van der Waals surface area contributed by atoms with E-state index in [0.29, 0.717) is 23.4 Å². The van der Waals surface area contributed by atoms with Crippen LogP contribution in [-0.2, 0) is 0 Å². The fourth-order valence-corrected chi connectivity index (χ4v) is 3.06. The first-order chi connectivity index (χ1) is 8.56. The van der Waals surface area contributed by atoms with E-state index in [2.05, 4.69) is 11.9 Å². The first-order valence-electron chi connectivity index (χ1n) is 6.18. The molecule has 2 aromatic rings. The Morgan fingerprint density at radius 1 is 1.44 bits per heavy atom. The van der Waals surface area contributed by atoms with Gasteiger partial charge < -0.3 is 10.3 Å². The van der Waals surface area contributed by atoms with E-state index in [1.54, 1.807) is 0 Å². The van der Waals surface area contributed by atoms with Gasteiger partial charge in [0.2, 0.25) is 5.95 Å². The van der Waals surface area contributed by atoms with Crippen LogP contribution in [0.15, 0.2) is 12.1 Å². The molecule has 0 saturated heterocycles. The third-order valence-electron chi connectivity index (χ3n) is 3.79. The third kappa shape index (κ3) is 1.75. The molecule has 5 heteroatoms. The van der Waals surface area contributed by atoms with Crippen LogP contribution in [0.3, 0.4) is 0 Å². The molecule has 0 bridgehead atoms. The van der Waals surface area contributed by atoms with Crippen LogP contribution in [0, 0.1) is 11.7 Å². The van der Waals surface area contributed by atoms with Crippen LogP contribution < -0.4 is 5.73 Å². The highest BCUT2D eigenvalue weighted by molar-refractivity contribution is 6.31. The topological polar surface area (TPSA) is 43.8 Å². The molecular weight excluding hydrogens is 253 g/mol. The van der Waals surface area contributed by atoms with Gasteiger partial charge in [-0.05, 0) is 31.2 Å². The second-order valence-electron chi connectivity index (χ2n) is 5.17. The molecule has 0 amide bonds. The van der Waals surface area contributed by atoms with Gasteiger partial charge in [0.05, 0.1) is 16.1 Å². The molecule has 1 heterocycles. The van der Waals surface area contributed by atoms with Gasteiger partial charge >= 0.3 is 0 Å². The number of halogens is 2. The first kappa shape index (κ1) is 11.8. The SMILES string of the molecule is CC1CCC(n2c(N)nc3cc(Cl)c(F)cc32)C1. The molecule has 3 rings (SSSR count). The lowest BCUT2D eigenvalue weighted by Crippen LogP contribution is -2.09. The number of imidazole rings is 1. The number of rotatable bonds is 1. The summed E-state index contributed by atoms with van der Waals surface area (Å²) >= 11 is 5.77. The minimum Gasteiger partial charge on any atom is -0.369 e. The minimum atomic E-state index is -0.420. The van der Waals surface area contributed by atoms with Crippen molar-refractivity contribution < 1.29 is 4.39 Å². The van der Waals surface area contributed by atoms with Crippen molar-refractivity contribution in [1.82, 2.24) is 9.55 Å². The molecule has 1 aliphatic rings. The number of nitrogen functional groups attached to an aromatic ring is 1. The zero-order valence-electron chi connectivity index (χ0n) is 10.2. The van der Waals surface area contributed by atoms with Gasteiger partial charge in [-0.25, -0.2) is 9.37 Å². The monoisotopic (exact) mass is 267 g/mol. The molecule has 1 saturated carbocycles. The van der Waals surface area contributed by atoms with Crippen LogP contribution >= 0.6 is 11.6 Å². The summed E-state index contributed by atoms with van der Waals surface area (Å²) in [7, 11) is 0. The summed E-state index contributed by atoms with van der Waals surface area (Å²) in [6.45, 7) is 2.23. The maximum Gasteiger partial charge on any atom is 0.201 e. The number of nitrogens with zero attached hydrogens (tertiary/aromatic N) is 2. The van der Waals surface area contributed by atoms with Crippen LogP contribution in [0.2, 0.25) is 5.02 Å². The molecule has 1 aromatic heterocycles. The van der Waals surface area contributed by atoms with Gasteiger partial charge in [0.15, 0.2) is 0 Å². The predicted molar refractivity (Wildman–Crippen MR) is 71.2 cm³/mol. The van der Waals surface area contributed by atoms with E-state index >= 15 is 0 Å². The lowest BCUT2D eigenvalue weighted by molar-refractivity contribution is 0.509. The Balaban J connectivity index is 2.16. The molecule has 3 nitrogen and oxygen atoms in total. The van der Waals surface area contributed by atoms with Gasteiger partial charge in [-0.1, -0.05) is 18.5 Å². The normalized spacial score (nSPS) is 23.9. The van der Waals surface area contributed by atoms with E-state index in [1.165, 1.54) is 18.6 Å². The van der Waals surface area contributed by atoms with Crippen LogP contribution in [0.5, 0.6) is 0 Å². The van der Waals surface area contributed by atoms with E-state index in [-0.39, 0.29) is 5.02 Å². The molecule has 2 atom stereocenters. The average Bonchev–Trinajstić information content (AvgIpc) is 2.83. The van der Waals surface area contributed by atoms with Gasteiger partial charge in [0, 0.05) is 12.1 Å². The van der Waals surface area contributed by atoms with E-state index in [9.17, 15) is 4.39 Å². The fraction of sp³-hybridized carbons (Fsp3) is 0.462. The predicted octanol–water partition coefficient (Wildman–Crippen LogP) is 3.77. The highest BCUT2D eigenvalue weighted by Gasteiger charge is 2.26. The number of fused-ring (bicyclic) bond motifs is 1. The lowest BCUT2D eigenvalue weighted by atomic mass is 10.1. The van der Waals surface area contributed by atoms with Crippen molar-refractivity contribution in [2.75, 3.05) is 5.73 Å². The highest BCUT2D eigenvalue weighted by atomic mass is 35.5. The second kappa shape index (κ2) is 4.12. The van der Waals surface area contributed by atoms with Gasteiger partial charge in [-0.3, -0.25) is 0 Å². The number of aromatic nitrogens is 2. The van der Waals surface area contributed by atoms with Crippen LogP contribution in [0.4, 0.5) is 10.3 Å². The van der Waals surface area contributed by atoms with Crippen molar-refractivity contribution >= 4 is 28.6 Å². The number of anilines is 1. The second-order valence-corrected chi connectivity index (χ2v) is 5.57. The van der Waals surface area contributed by atoms with Crippen molar-refractivity contribution in [1.29, 1.82) is 0 Å². The Morgan fingerprint density at radius 3 is 2.89 bits per heavy atom.